The van der Waals surface area contributed by atoms with Gasteiger partial charge in [0.1, 0.15) is 0 Å². The predicted molar refractivity (Wildman–Crippen MR) is 130 cm³/mol. The molecule has 5 heteroatoms. The van der Waals surface area contributed by atoms with E-state index in [1.165, 1.54) is 0 Å². The molecule has 0 bridgehead atoms. The highest BCUT2D eigenvalue weighted by Crippen LogP contribution is 2.26. The summed E-state index contributed by atoms with van der Waals surface area (Å²) in [5.74, 6) is -0.115. The molecule has 0 spiro atoms. The minimum Gasteiger partial charge on any atom is -0.339 e. The molecule has 32 heavy (non-hydrogen) atoms. The molecule has 4 nitrogen and oxygen atoms in total. The normalized spacial score (nSPS) is 14.8. The van der Waals surface area contributed by atoms with Crippen LogP contribution in [0.2, 0.25) is 5.02 Å². The van der Waals surface area contributed by atoms with Crippen molar-refractivity contribution >= 4 is 40.8 Å². The number of carbonyl (C=O) groups is 2. The van der Waals surface area contributed by atoms with E-state index in [-0.39, 0.29) is 17.7 Å². The van der Waals surface area contributed by atoms with Gasteiger partial charge < -0.3 is 10.2 Å². The zero-order valence-corrected chi connectivity index (χ0v) is 18.5. The van der Waals surface area contributed by atoms with Crippen LogP contribution in [0.5, 0.6) is 0 Å². The Balaban J connectivity index is 1.47. The molecule has 2 amide bonds. The second-order valence-corrected chi connectivity index (χ2v) is 8.33. The van der Waals surface area contributed by atoms with Crippen molar-refractivity contribution in [2.24, 2.45) is 5.92 Å². The molecule has 0 radical (unpaired) electrons. The Kier molecular flexibility index (Phi) is 7.03. The van der Waals surface area contributed by atoms with Crippen LogP contribution in [0.3, 0.4) is 0 Å². The Bertz CT molecular complexity index is 1090. The highest BCUT2D eigenvalue weighted by Gasteiger charge is 2.29. The summed E-state index contributed by atoms with van der Waals surface area (Å²) < 4.78 is 0. The Labute approximate surface area is 193 Å². The van der Waals surface area contributed by atoms with Crippen molar-refractivity contribution in [1.29, 1.82) is 0 Å². The molecule has 1 N–H and O–H groups in total. The fourth-order valence-electron chi connectivity index (χ4n) is 3.89. The number of anilines is 1. The minimum atomic E-state index is -0.101. The van der Waals surface area contributed by atoms with Gasteiger partial charge >= 0.3 is 0 Å². The van der Waals surface area contributed by atoms with Crippen LogP contribution < -0.4 is 5.32 Å². The monoisotopic (exact) mass is 444 g/mol. The maximum atomic E-state index is 13.5. The van der Waals surface area contributed by atoms with Gasteiger partial charge in [0.15, 0.2) is 0 Å². The Morgan fingerprint density at radius 1 is 0.844 bits per heavy atom. The summed E-state index contributed by atoms with van der Waals surface area (Å²) in [6, 6.07) is 26.6. The number of hydrogen-bond donors (Lipinski definition) is 1. The molecule has 0 aromatic heterocycles. The number of piperidine rings is 1. The summed E-state index contributed by atoms with van der Waals surface area (Å²) >= 11 is 6.06. The third-order valence-corrected chi connectivity index (χ3v) is 5.94. The predicted octanol–water partition coefficient (Wildman–Crippen LogP) is 5.76. The van der Waals surface area contributed by atoms with Crippen molar-refractivity contribution in [2.45, 2.75) is 12.8 Å². The largest absolute Gasteiger partial charge is 0.339 e. The fourth-order valence-corrected chi connectivity index (χ4v) is 4.02. The molecule has 3 aromatic rings. The molecule has 3 aromatic carbocycles. The van der Waals surface area contributed by atoms with E-state index in [0.29, 0.717) is 36.5 Å². The first-order valence-electron chi connectivity index (χ1n) is 10.8. The summed E-state index contributed by atoms with van der Waals surface area (Å²) in [6.07, 6.45) is 3.20. The van der Waals surface area contributed by atoms with Gasteiger partial charge in [0, 0.05) is 35.3 Å². The molecule has 0 saturated carbocycles. The maximum absolute atomic E-state index is 13.5. The van der Waals surface area contributed by atoms with Crippen LogP contribution in [0.4, 0.5) is 5.69 Å². The van der Waals surface area contributed by atoms with Crippen LogP contribution >= 0.6 is 11.6 Å². The van der Waals surface area contributed by atoms with Gasteiger partial charge in [-0.3, -0.25) is 9.59 Å². The fraction of sp³-hybridized carbons (Fsp3) is 0.185. The molecule has 0 atom stereocenters. The Morgan fingerprint density at radius 2 is 1.44 bits per heavy atom. The van der Waals surface area contributed by atoms with Gasteiger partial charge in [-0.15, -0.1) is 0 Å². The van der Waals surface area contributed by atoms with E-state index in [0.717, 1.165) is 16.8 Å². The van der Waals surface area contributed by atoms with E-state index < -0.39 is 0 Å². The lowest BCUT2D eigenvalue weighted by molar-refractivity contribution is -0.129. The minimum absolute atomic E-state index is 0.0149. The van der Waals surface area contributed by atoms with Crippen LogP contribution in [-0.2, 0) is 9.59 Å². The van der Waals surface area contributed by atoms with E-state index in [4.69, 9.17) is 11.6 Å². The number of rotatable bonds is 5. The lowest BCUT2D eigenvalue weighted by Crippen LogP contribution is -2.41. The van der Waals surface area contributed by atoms with Crippen LogP contribution in [0.25, 0.3) is 11.6 Å². The van der Waals surface area contributed by atoms with Gasteiger partial charge in [-0.1, -0.05) is 72.3 Å². The molecular weight excluding hydrogens is 420 g/mol. The molecule has 1 saturated heterocycles. The van der Waals surface area contributed by atoms with Gasteiger partial charge in [-0.25, -0.2) is 0 Å². The van der Waals surface area contributed by atoms with E-state index in [1.807, 2.05) is 83.8 Å². The Morgan fingerprint density at radius 3 is 2.06 bits per heavy atom. The highest BCUT2D eigenvalue weighted by atomic mass is 35.5. The summed E-state index contributed by atoms with van der Waals surface area (Å²) in [7, 11) is 0. The standard InChI is InChI=1S/C27H25ClN2O2/c28-23-13-11-21(12-14-23)25(19-20-7-3-1-4-8-20)27(32)30-17-15-22(16-18-30)26(31)29-24-9-5-2-6-10-24/h1-14,19,22H,15-18H2,(H,29,31). The number of amides is 2. The molecule has 1 fully saturated rings. The molecule has 0 unspecified atom stereocenters. The SMILES string of the molecule is O=C(Nc1ccccc1)C1CCN(C(=O)C(=Cc2ccccc2)c2ccc(Cl)cc2)CC1. The van der Waals surface area contributed by atoms with Crippen LogP contribution in [0.15, 0.2) is 84.9 Å². The van der Waals surface area contributed by atoms with Crippen molar-refractivity contribution in [3.05, 3.63) is 101 Å². The highest BCUT2D eigenvalue weighted by molar-refractivity contribution is 6.31. The van der Waals surface area contributed by atoms with Gasteiger partial charge in [0.05, 0.1) is 0 Å². The number of benzene rings is 3. The molecule has 4 rings (SSSR count). The van der Waals surface area contributed by atoms with Gasteiger partial charge in [-0.2, -0.15) is 0 Å². The zero-order chi connectivity index (χ0) is 22.3. The van der Waals surface area contributed by atoms with Gasteiger partial charge in [0.2, 0.25) is 5.91 Å². The van der Waals surface area contributed by atoms with E-state index in [1.54, 1.807) is 12.1 Å². The number of likely N-dealkylation sites (tertiary alicyclic amines) is 1. The quantitative estimate of drug-likeness (QED) is 0.402. The second-order valence-electron chi connectivity index (χ2n) is 7.90. The lowest BCUT2D eigenvalue weighted by Gasteiger charge is -2.32. The summed E-state index contributed by atoms with van der Waals surface area (Å²) in [6.45, 7) is 1.09. The first-order chi connectivity index (χ1) is 15.6. The van der Waals surface area contributed by atoms with Crippen molar-refractivity contribution in [1.82, 2.24) is 4.90 Å². The molecule has 0 aliphatic carbocycles. The van der Waals surface area contributed by atoms with Gasteiger partial charge in [-0.05, 0) is 54.3 Å². The third-order valence-electron chi connectivity index (χ3n) is 5.69. The summed E-state index contributed by atoms with van der Waals surface area (Å²) in [5, 5.41) is 3.61. The van der Waals surface area contributed by atoms with Gasteiger partial charge in [0.25, 0.3) is 5.91 Å². The number of hydrogen-bond acceptors (Lipinski definition) is 2. The van der Waals surface area contributed by atoms with Crippen LogP contribution in [0.1, 0.15) is 24.0 Å². The van der Waals surface area contributed by atoms with E-state index in [2.05, 4.69) is 5.32 Å². The van der Waals surface area contributed by atoms with Crippen LogP contribution in [0, 0.1) is 5.92 Å². The van der Waals surface area contributed by atoms with E-state index in [9.17, 15) is 9.59 Å². The Hall–Kier alpha value is -3.37. The second kappa shape index (κ2) is 10.3. The van der Waals surface area contributed by atoms with Crippen molar-refractivity contribution in [2.75, 3.05) is 18.4 Å². The topological polar surface area (TPSA) is 49.4 Å². The summed E-state index contributed by atoms with van der Waals surface area (Å²) in [4.78, 5) is 28.0. The molecule has 1 heterocycles. The molecule has 1 aliphatic heterocycles. The molecule has 1 aliphatic rings. The number of halogens is 1. The van der Waals surface area contributed by atoms with Crippen molar-refractivity contribution in [3.8, 4) is 0 Å². The molecular formula is C27H25ClN2O2. The number of nitrogens with zero attached hydrogens (tertiary/aromatic N) is 1. The van der Waals surface area contributed by atoms with Crippen molar-refractivity contribution in [3.63, 3.8) is 0 Å². The number of nitrogens with one attached hydrogen (secondary N) is 1. The smallest absolute Gasteiger partial charge is 0.254 e. The molecule has 162 valence electrons. The number of carbonyl (C=O) groups excluding carboxylic acids is 2. The maximum Gasteiger partial charge on any atom is 0.254 e. The third kappa shape index (κ3) is 5.45. The average Bonchev–Trinajstić information content (AvgIpc) is 2.84. The lowest BCUT2D eigenvalue weighted by atomic mass is 9.94. The average molecular weight is 445 g/mol. The first kappa shape index (κ1) is 21.8. The van der Waals surface area contributed by atoms with Crippen LogP contribution in [-0.4, -0.2) is 29.8 Å². The van der Waals surface area contributed by atoms with E-state index >= 15 is 0 Å². The number of para-hydroxylation sites is 1. The first-order valence-corrected chi connectivity index (χ1v) is 11.2. The van der Waals surface area contributed by atoms with Crippen molar-refractivity contribution < 1.29 is 9.59 Å². The zero-order valence-electron chi connectivity index (χ0n) is 17.7. The summed E-state index contributed by atoms with van der Waals surface area (Å²) in [5.41, 5.74) is 3.21.